The fourth-order valence-corrected chi connectivity index (χ4v) is 4.98. The van der Waals surface area contributed by atoms with Gasteiger partial charge in [-0.2, -0.15) is 0 Å². The summed E-state index contributed by atoms with van der Waals surface area (Å²) in [6.07, 6.45) is 19.1. The lowest BCUT2D eigenvalue weighted by Crippen LogP contribution is -2.36. The Hall–Kier alpha value is -1.30. The third kappa shape index (κ3) is 8.92. The summed E-state index contributed by atoms with van der Waals surface area (Å²) in [6.45, 7) is 31.4. The zero-order valence-corrected chi connectivity index (χ0v) is 22.9. The minimum absolute atomic E-state index is 0.0677. The molecule has 182 valence electrons. The Morgan fingerprint density at radius 2 is 1.88 bits per heavy atom. The highest BCUT2D eigenvalue weighted by Crippen LogP contribution is 2.49. The van der Waals surface area contributed by atoms with Crippen LogP contribution in [0, 0.1) is 34.5 Å². The number of hydrogen-bond acceptors (Lipinski definition) is 0. The first-order valence-electron chi connectivity index (χ1n) is 13.1. The van der Waals surface area contributed by atoms with Gasteiger partial charge < -0.3 is 0 Å². The van der Waals surface area contributed by atoms with Gasteiger partial charge in [-0.1, -0.05) is 95.7 Å². The largest absolute Gasteiger partial charge is 0.102 e. The summed E-state index contributed by atoms with van der Waals surface area (Å²) < 4.78 is 0. The minimum atomic E-state index is 0.0677. The van der Waals surface area contributed by atoms with Gasteiger partial charge in [0.05, 0.1) is 0 Å². The zero-order valence-electron chi connectivity index (χ0n) is 22.9. The van der Waals surface area contributed by atoms with Gasteiger partial charge in [-0.25, -0.2) is 0 Å². The molecule has 3 unspecified atom stereocenters. The lowest BCUT2D eigenvalue weighted by molar-refractivity contribution is 0.103. The fourth-order valence-electron chi connectivity index (χ4n) is 4.98. The molecule has 0 aliphatic heterocycles. The molecule has 0 nitrogen and oxygen atoms in total. The molecular weight excluding hydrogens is 384 g/mol. The van der Waals surface area contributed by atoms with Crippen LogP contribution < -0.4 is 0 Å². The first-order chi connectivity index (χ1) is 14.8. The van der Waals surface area contributed by atoms with E-state index < -0.39 is 0 Å². The van der Waals surface area contributed by atoms with Crippen LogP contribution >= 0.6 is 0 Å². The molecule has 0 amide bonds. The standard InChI is InChI=1S/C32H54/c1-12-32(11,22-13-14-25(4)15-17-27(6)24(2)3)23-21-26(5)16-20-30-28(7)18-19-29(8)31(30,9)10/h12,14,21,23,26-27,29-30H,1-2,7,13,15-20,22H2,3-6,8-11H3/b23-21+,25-14+/t26?,27?,29-,30-,32?/m0/s1. The summed E-state index contributed by atoms with van der Waals surface area (Å²) in [5, 5.41) is 0. The van der Waals surface area contributed by atoms with E-state index in [0.717, 1.165) is 18.8 Å². The second kappa shape index (κ2) is 12.8. The molecule has 0 bridgehead atoms. The van der Waals surface area contributed by atoms with Gasteiger partial charge in [0.2, 0.25) is 0 Å². The maximum Gasteiger partial charge on any atom is 0.00330 e. The molecule has 1 saturated carbocycles. The molecule has 0 aromatic rings. The van der Waals surface area contributed by atoms with E-state index in [1.165, 1.54) is 55.2 Å². The Morgan fingerprint density at radius 3 is 2.47 bits per heavy atom. The number of rotatable bonds is 13. The Balaban J connectivity index is 2.57. The van der Waals surface area contributed by atoms with Crippen LogP contribution in [-0.2, 0) is 0 Å². The average Bonchev–Trinajstić information content (AvgIpc) is 2.73. The third-order valence-electron chi connectivity index (χ3n) is 8.73. The van der Waals surface area contributed by atoms with Crippen LogP contribution in [0.25, 0.3) is 0 Å². The molecule has 0 aromatic heterocycles. The van der Waals surface area contributed by atoms with Crippen molar-refractivity contribution in [1.29, 1.82) is 0 Å². The van der Waals surface area contributed by atoms with Gasteiger partial charge in [0.1, 0.15) is 0 Å². The van der Waals surface area contributed by atoms with Crippen LogP contribution in [0.2, 0.25) is 0 Å². The summed E-state index contributed by atoms with van der Waals surface area (Å²) in [6, 6.07) is 0. The van der Waals surface area contributed by atoms with Crippen molar-refractivity contribution in [1.82, 2.24) is 0 Å². The normalized spacial score (nSPS) is 25.4. The molecule has 32 heavy (non-hydrogen) atoms. The molecule has 1 aliphatic rings. The van der Waals surface area contributed by atoms with E-state index >= 15 is 0 Å². The summed E-state index contributed by atoms with van der Waals surface area (Å²) in [7, 11) is 0. The van der Waals surface area contributed by atoms with E-state index in [1.54, 1.807) is 0 Å². The molecule has 0 N–H and O–H groups in total. The monoisotopic (exact) mass is 438 g/mol. The second-order valence-corrected chi connectivity index (χ2v) is 12.0. The van der Waals surface area contributed by atoms with Gasteiger partial charge in [-0.15, -0.1) is 6.58 Å². The maximum atomic E-state index is 4.44. The van der Waals surface area contributed by atoms with Gasteiger partial charge in [0, 0.05) is 5.41 Å². The molecule has 0 heteroatoms. The van der Waals surface area contributed by atoms with Gasteiger partial charge in [-0.3, -0.25) is 0 Å². The summed E-state index contributed by atoms with van der Waals surface area (Å²) >= 11 is 0. The third-order valence-corrected chi connectivity index (χ3v) is 8.73. The van der Waals surface area contributed by atoms with Crippen LogP contribution in [-0.4, -0.2) is 0 Å². The van der Waals surface area contributed by atoms with Crippen molar-refractivity contribution < 1.29 is 0 Å². The average molecular weight is 439 g/mol. The van der Waals surface area contributed by atoms with Crippen molar-refractivity contribution >= 4 is 0 Å². The van der Waals surface area contributed by atoms with Crippen molar-refractivity contribution in [3.8, 4) is 0 Å². The van der Waals surface area contributed by atoms with Gasteiger partial charge in [-0.05, 0) is 94.3 Å². The highest BCUT2D eigenvalue weighted by molar-refractivity contribution is 5.12. The topological polar surface area (TPSA) is 0 Å². The maximum absolute atomic E-state index is 4.44. The smallest absolute Gasteiger partial charge is 0.00330 e. The van der Waals surface area contributed by atoms with Crippen LogP contribution in [0.15, 0.2) is 60.8 Å². The van der Waals surface area contributed by atoms with E-state index in [2.05, 4.69) is 99.4 Å². The summed E-state index contributed by atoms with van der Waals surface area (Å²) in [4.78, 5) is 0. The zero-order chi connectivity index (χ0) is 24.5. The molecule has 1 aliphatic carbocycles. The van der Waals surface area contributed by atoms with Gasteiger partial charge in [0.15, 0.2) is 0 Å². The predicted molar refractivity (Wildman–Crippen MR) is 147 cm³/mol. The lowest BCUT2D eigenvalue weighted by atomic mass is 9.60. The van der Waals surface area contributed by atoms with Crippen LogP contribution in [0.5, 0.6) is 0 Å². The Bertz CT molecular complexity index is 685. The van der Waals surface area contributed by atoms with E-state index in [9.17, 15) is 0 Å². The Morgan fingerprint density at radius 1 is 1.22 bits per heavy atom. The van der Waals surface area contributed by atoms with Gasteiger partial charge in [0.25, 0.3) is 0 Å². The number of hydrogen-bond donors (Lipinski definition) is 0. The van der Waals surface area contributed by atoms with E-state index in [1.807, 2.05) is 0 Å². The van der Waals surface area contributed by atoms with Crippen molar-refractivity contribution in [3.63, 3.8) is 0 Å². The highest BCUT2D eigenvalue weighted by atomic mass is 14.4. The molecule has 5 atom stereocenters. The van der Waals surface area contributed by atoms with E-state index in [0.29, 0.717) is 23.2 Å². The molecule has 1 fully saturated rings. The Kier molecular flexibility index (Phi) is 11.5. The summed E-state index contributed by atoms with van der Waals surface area (Å²) in [5.74, 6) is 2.65. The highest BCUT2D eigenvalue weighted by Gasteiger charge is 2.39. The molecule has 1 rings (SSSR count). The minimum Gasteiger partial charge on any atom is -0.102 e. The lowest BCUT2D eigenvalue weighted by Gasteiger charge is -2.45. The summed E-state index contributed by atoms with van der Waals surface area (Å²) in [5.41, 5.74) is 4.73. The molecule has 0 radical (unpaired) electrons. The van der Waals surface area contributed by atoms with Crippen molar-refractivity contribution in [2.75, 3.05) is 0 Å². The van der Waals surface area contributed by atoms with Crippen LogP contribution in [0.1, 0.15) is 107 Å². The molecule has 0 spiro atoms. The predicted octanol–water partition coefficient (Wildman–Crippen LogP) is 10.5. The fraction of sp³-hybridized carbons (Fsp3) is 0.688. The Labute approximate surface area is 202 Å². The molecule has 0 saturated heterocycles. The van der Waals surface area contributed by atoms with Crippen molar-refractivity contribution in [3.05, 3.63) is 60.8 Å². The van der Waals surface area contributed by atoms with Gasteiger partial charge >= 0.3 is 0 Å². The van der Waals surface area contributed by atoms with Crippen molar-refractivity contribution in [2.24, 2.45) is 34.5 Å². The first kappa shape index (κ1) is 28.7. The second-order valence-electron chi connectivity index (χ2n) is 12.0. The van der Waals surface area contributed by atoms with E-state index in [-0.39, 0.29) is 5.41 Å². The molecule has 0 heterocycles. The molecular formula is C32H54. The van der Waals surface area contributed by atoms with E-state index in [4.69, 9.17) is 0 Å². The van der Waals surface area contributed by atoms with Crippen molar-refractivity contribution in [2.45, 2.75) is 107 Å². The SMILES string of the molecule is C=CC(C)(/C=C/C(C)CC[C@H]1C(=C)CC[C@H](C)C1(C)C)CC/C=C(\C)CCC(C)C(=C)C. The van der Waals surface area contributed by atoms with Crippen LogP contribution in [0.3, 0.4) is 0 Å². The van der Waals surface area contributed by atoms with Crippen LogP contribution in [0.4, 0.5) is 0 Å². The molecule has 0 aromatic carbocycles. The quantitative estimate of drug-likeness (QED) is 0.251. The number of allylic oxidation sites excluding steroid dienone is 7. The first-order valence-corrected chi connectivity index (χ1v) is 13.1.